The molecule has 3 aliphatic rings. The number of nitrogens with zero attached hydrogens (tertiary/aromatic N) is 2. The fourth-order valence-corrected chi connectivity index (χ4v) is 4.50. The van der Waals surface area contributed by atoms with Gasteiger partial charge in [-0.15, -0.1) is 0 Å². The third-order valence-electron chi connectivity index (χ3n) is 6.05. The molecule has 1 aromatic carbocycles. The standard InChI is InChI=1S/C22H26N4O3/c27-22(25-20-13-16-3-6-19(20)24-16)15-1-4-18(5-2-15)29-21-14-17(7-8-23-21)26-9-11-28-12-10-26/h1-2,4-5,7-8,14,16,19-20,24H,3,6,9-13H2,(H,25,27)/t16-,19+,20-/m1/s1. The van der Waals surface area contributed by atoms with Crippen LogP contribution in [0.15, 0.2) is 42.6 Å². The molecule has 7 heteroatoms. The normalized spacial score (nSPS) is 25.8. The summed E-state index contributed by atoms with van der Waals surface area (Å²) in [5.41, 5.74) is 1.73. The highest BCUT2D eigenvalue weighted by Crippen LogP contribution is 2.29. The number of benzene rings is 1. The number of amides is 1. The lowest BCUT2D eigenvalue weighted by Gasteiger charge is -2.28. The lowest BCUT2D eigenvalue weighted by atomic mass is 9.95. The molecule has 0 saturated carbocycles. The minimum Gasteiger partial charge on any atom is -0.439 e. The third kappa shape index (κ3) is 4.06. The second kappa shape index (κ2) is 8.00. The molecule has 3 aliphatic heterocycles. The van der Waals surface area contributed by atoms with Crippen molar-refractivity contribution in [2.75, 3.05) is 31.2 Å². The smallest absolute Gasteiger partial charge is 0.251 e. The predicted molar refractivity (Wildman–Crippen MR) is 110 cm³/mol. The Morgan fingerprint density at radius 3 is 2.72 bits per heavy atom. The van der Waals surface area contributed by atoms with Crippen molar-refractivity contribution >= 4 is 11.6 Å². The van der Waals surface area contributed by atoms with E-state index in [1.165, 1.54) is 6.42 Å². The number of morpholine rings is 1. The second-order valence-electron chi connectivity index (χ2n) is 7.94. The van der Waals surface area contributed by atoms with Crippen LogP contribution in [0.5, 0.6) is 11.6 Å². The van der Waals surface area contributed by atoms with Crippen LogP contribution >= 0.6 is 0 Å². The monoisotopic (exact) mass is 394 g/mol. The summed E-state index contributed by atoms with van der Waals surface area (Å²) in [5.74, 6) is 1.18. The number of nitrogens with one attached hydrogen (secondary N) is 2. The molecular weight excluding hydrogens is 368 g/mol. The van der Waals surface area contributed by atoms with Crippen molar-refractivity contribution in [3.63, 3.8) is 0 Å². The zero-order chi connectivity index (χ0) is 19.6. The highest BCUT2D eigenvalue weighted by atomic mass is 16.5. The van der Waals surface area contributed by atoms with Gasteiger partial charge in [-0.2, -0.15) is 0 Å². The van der Waals surface area contributed by atoms with Crippen molar-refractivity contribution in [2.45, 2.75) is 37.4 Å². The van der Waals surface area contributed by atoms with Crippen molar-refractivity contribution in [2.24, 2.45) is 0 Å². The Morgan fingerprint density at radius 2 is 2.00 bits per heavy atom. The minimum atomic E-state index is -0.0247. The number of pyridine rings is 1. The second-order valence-corrected chi connectivity index (χ2v) is 7.94. The molecule has 1 amide bonds. The molecular formula is C22H26N4O3. The molecule has 0 aliphatic carbocycles. The van der Waals surface area contributed by atoms with E-state index in [-0.39, 0.29) is 11.9 Å². The van der Waals surface area contributed by atoms with E-state index >= 15 is 0 Å². The SMILES string of the molecule is O=C(N[C@@H]1C[C@H]2CC[C@@H]1N2)c1ccc(Oc2cc(N3CCOCC3)ccn2)cc1. The van der Waals surface area contributed by atoms with E-state index in [0.29, 0.717) is 29.3 Å². The van der Waals surface area contributed by atoms with E-state index in [4.69, 9.17) is 9.47 Å². The average Bonchev–Trinajstić information content (AvgIpc) is 3.38. The number of carbonyl (C=O) groups excluding carboxylic acids is 1. The van der Waals surface area contributed by atoms with Gasteiger partial charge in [0.25, 0.3) is 5.91 Å². The van der Waals surface area contributed by atoms with E-state index in [2.05, 4.69) is 20.5 Å². The highest BCUT2D eigenvalue weighted by Gasteiger charge is 2.39. The van der Waals surface area contributed by atoms with Crippen LogP contribution in [0.3, 0.4) is 0 Å². The van der Waals surface area contributed by atoms with Gasteiger partial charge in [-0.1, -0.05) is 0 Å². The van der Waals surface area contributed by atoms with Gasteiger partial charge in [-0.05, 0) is 49.6 Å². The predicted octanol–water partition coefficient (Wildman–Crippen LogP) is 2.33. The maximum absolute atomic E-state index is 12.6. The Balaban J connectivity index is 1.21. The van der Waals surface area contributed by atoms with Crippen molar-refractivity contribution < 1.29 is 14.3 Å². The highest BCUT2D eigenvalue weighted by molar-refractivity contribution is 5.94. The van der Waals surface area contributed by atoms with Gasteiger partial charge in [-0.3, -0.25) is 4.79 Å². The molecule has 0 unspecified atom stereocenters. The van der Waals surface area contributed by atoms with Crippen LogP contribution in [0.25, 0.3) is 0 Å². The number of ether oxygens (including phenoxy) is 2. The summed E-state index contributed by atoms with van der Waals surface area (Å²) in [7, 11) is 0. The van der Waals surface area contributed by atoms with Crippen LogP contribution < -0.4 is 20.3 Å². The molecule has 3 saturated heterocycles. The summed E-state index contributed by atoms with van der Waals surface area (Å²) in [4.78, 5) is 19.1. The first-order valence-electron chi connectivity index (χ1n) is 10.4. The molecule has 1 aromatic heterocycles. The molecule has 0 radical (unpaired) electrons. The minimum absolute atomic E-state index is 0.0247. The molecule has 152 valence electrons. The van der Waals surface area contributed by atoms with Gasteiger partial charge >= 0.3 is 0 Å². The molecule has 7 nitrogen and oxygen atoms in total. The number of aromatic nitrogens is 1. The third-order valence-corrected chi connectivity index (χ3v) is 6.05. The van der Waals surface area contributed by atoms with Crippen LogP contribution in [0.1, 0.15) is 29.6 Å². The largest absolute Gasteiger partial charge is 0.439 e. The number of fused-ring (bicyclic) bond motifs is 2. The Labute approximate surface area is 170 Å². The fourth-order valence-electron chi connectivity index (χ4n) is 4.50. The summed E-state index contributed by atoms with van der Waals surface area (Å²) in [6.45, 7) is 3.21. The zero-order valence-corrected chi connectivity index (χ0v) is 16.3. The first kappa shape index (κ1) is 18.4. The lowest BCUT2D eigenvalue weighted by Crippen LogP contribution is -2.42. The molecule has 3 atom stereocenters. The van der Waals surface area contributed by atoms with Gasteiger partial charge in [0.05, 0.1) is 13.2 Å². The van der Waals surface area contributed by atoms with Crippen LogP contribution in [0.4, 0.5) is 5.69 Å². The van der Waals surface area contributed by atoms with Gasteiger partial charge in [0.15, 0.2) is 0 Å². The zero-order valence-electron chi connectivity index (χ0n) is 16.3. The summed E-state index contributed by atoms with van der Waals surface area (Å²) in [6, 6.07) is 12.4. The topological polar surface area (TPSA) is 75.7 Å². The number of hydrogen-bond acceptors (Lipinski definition) is 6. The van der Waals surface area contributed by atoms with E-state index in [1.807, 2.05) is 24.3 Å². The van der Waals surface area contributed by atoms with Gasteiger partial charge in [-0.25, -0.2) is 4.98 Å². The van der Waals surface area contributed by atoms with Crippen LogP contribution in [-0.2, 0) is 4.74 Å². The molecule has 2 N–H and O–H groups in total. The van der Waals surface area contributed by atoms with Gasteiger partial charge in [0, 0.05) is 54.7 Å². The van der Waals surface area contributed by atoms with Gasteiger partial charge in [0.1, 0.15) is 5.75 Å². The van der Waals surface area contributed by atoms with Crippen molar-refractivity contribution in [1.82, 2.24) is 15.6 Å². The van der Waals surface area contributed by atoms with Gasteiger partial charge in [0.2, 0.25) is 5.88 Å². The van der Waals surface area contributed by atoms with E-state index in [1.54, 1.807) is 18.3 Å². The lowest BCUT2D eigenvalue weighted by molar-refractivity contribution is 0.0931. The van der Waals surface area contributed by atoms with Crippen LogP contribution in [0.2, 0.25) is 0 Å². The Kier molecular flexibility index (Phi) is 5.08. The number of rotatable bonds is 5. The molecule has 4 heterocycles. The van der Waals surface area contributed by atoms with Crippen molar-refractivity contribution in [3.8, 4) is 11.6 Å². The maximum atomic E-state index is 12.6. The fraction of sp³-hybridized carbons (Fsp3) is 0.455. The molecule has 2 bridgehead atoms. The summed E-state index contributed by atoms with van der Waals surface area (Å²) >= 11 is 0. The molecule has 5 rings (SSSR count). The Bertz CT molecular complexity index is 867. The van der Waals surface area contributed by atoms with Crippen LogP contribution in [0, 0.1) is 0 Å². The van der Waals surface area contributed by atoms with Gasteiger partial charge < -0.3 is 25.0 Å². The number of carbonyl (C=O) groups is 1. The molecule has 3 fully saturated rings. The van der Waals surface area contributed by atoms with Crippen molar-refractivity contribution in [3.05, 3.63) is 48.2 Å². The summed E-state index contributed by atoms with van der Waals surface area (Å²) in [6.07, 6.45) is 5.16. The maximum Gasteiger partial charge on any atom is 0.251 e. The molecule has 2 aromatic rings. The van der Waals surface area contributed by atoms with Crippen LogP contribution in [-0.4, -0.2) is 55.3 Å². The molecule has 0 spiro atoms. The average molecular weight is 394 g/mol. The van der Waals surface area contributed by atoms with E-state index < -0.39 is 0 Å². The van der Waals surface area contributed by atoms with E-state index in [0.717, 1.165) is 44.8 Å². The van der Waals surface area contributed by atoms with Crippen molar-refractivity contribution in [1.29, 1.82) is 0 Å². The summed E-state index contributed by atoms with van der Waals surface area (Å²) in [5, 5.41) is 6.72. The summed E-state index contributed by atoms with van der Waals surface area (Å²) < 4.78 is 11.3. The Morgan fingerprint density at radius 1 is 1.17 bits per heavy atom. The first-order valence-corrected chi connectivity index (χ1v) is 10.4. The number of hydrogen-bond donors (Lipinski definition) is 2. The first-order chi connectivity index (χ1) is 14.2. The Hall–Kier alpha value is -2.64. The number of anilines is 1. The molecule has 29 heavy (non-hydrogen) atoms. The quantitative estimate of drug-likeness (QED) is 0.811. The van der Waals surface area contributed by atoms with E-state index in [9.17, 15) is 4.79 Å².